The maximum Gasteiger partial charge on any atom is 0.246 e. The smallest absolute Gasteiger partial charge is 0.246 e. The van der Waals surface area contributed by atoms with Gasteiger partial charge in [-0.1, -0.05) is 38.3 Å². The lowest BCUT2D eigenvalue weighted by atomic mass is 9.77. The highest BCUT2D eigenvalue weighted by molar-refractivity contribution is 6.00. The Labute approximate surface area is 115 Å². The number of carbonyl (C=O) groups is 2. The summed E-state index contributed by atoms with van der Waals surface area (Å²) in [4.78, 5) is 26.9. The Balaban J connectivity index is 2.31. The normalized spacial score (nSPS) is 27.1. The summed E-state index contributed by atoms with van der Waals surface area (Å²) in [6.45, 7) is 4.44. The number of nitrogens with zero attached hydrogens (tertiary/aromatic N) is 1. The van der Waals surface area contributed by atoms with Crippen molar-refractivity contribution in [3.05, 3.63) is 12.2 Å². The van der Waals surface area contributed by atoms with E-state index in [1.54, 1.807) is 0 Å². The van der Waals surface area contributed by atoms with Gasteiger partial charge in [0.1, 0.15) is 11.6 Å². The third-order valence-electron chi connectivity index (χ3n) is 4.42. The van der Waals surface area contributed by atoms with Gasteiger partial charge in [0.15, 0.2) is 0 Å². The van der Waals surface area contributed by atoms with Gasteiger partial charge in [0.05, 0.1) is 0 Å². The molecular weight excluding hydrogens is 240 g/mol. The van der Waals surface area contributed by atoms with Crippen LogP contribution in [0.15, 0.2) is 12.2 Å². The molecule has 19 heavy (non-hydrogen) atoms. The first-order valence-electron chi connectivity index (χ1n) is 7.39. The summed E-state index contributed by atoms with van der Waals surface area (Å²) in [6.07, 6.45) is 9.41. The van der Waals surface area contributed by atoms with Crippen LogP contribution in [0.2, 0.25) is 0 Å². The molecule has 0 aromatic rings. The van der Waals surface area contributed by atoms with Gasteiger partial charge in [0.2, 0.25) is 11.8 Å². The Kier molecular flexibility index (Phi) is 4.27. The minimum absolute atomic E-state index is 0.0585. The number of amides is 2. The zero-order valence-electron chi connectivity index (χ0n) is 11.9. The molecule has 1 aliphatic carbocycles. The lowest BCUT2D eigenvalue weighted by Crippen LogP contribution is -2.70. The molecule has 1 heterocycles. The number of allylic oxidation sites excluding steroid dienone is 1. The third kappa shape index (κ3) is 2.40. The molecule has 0 aromatic heterocycles. The van der Waals surface area contributed by atoms with Crippen LogP contribution in [-0.4, -0.2) is 34.8 Å². The largest absolute Gasteiger partial charge is 0.342 e. The van der Waals surface area contributed by atoms with E-state index in [-0.39, 0.29) is 17.9 Å². The van der Waals surface area contributed by atoms with Gasteiger partial charge in [0, 0.05) is 6.54 Å². The Morgan fingerprint density at radius 2 is 2.00 bits per heavy atom. The Morgan fingerprint density at radius 3 is 2.58 bits per heavy atom. The molecule has 1 saturated heterocycles. The van der Waals surface area contributed by atoms with E-state index in [9.17, 15) is 9.59 Å². The molecule has 0 radical (unpaired) electrons. The molecule has 2 amide bonds. The fourth-order valence-electron chi connectivity index (χ4n) is 3.26. The summed E-state index contributed by atoms with van der Waals surface area (Å²) in [6, 6.07) is -0.342. The summed E-state index contributed by atoms with van der Waals surface area (Å²) < 4.78 is 0. The lowest BCUT2D eigenvalue weighted by Gasteiger charge is -2.49. The fourth-order valence-corrected chi connectivity index (χ4v) is 3.26. The van der Waals surface area contributed by atoms with E-state index < -0.39 is 5.54 Å². The quantitative estimate of drug-likeness (QED) is 0.793. The molecule has 1 atom stereocenters. The molecule has 4 heteroatoms. The van der Waals surface area contributed by atoms with Crippen molar-refractivity contribution in [2.45, 2.75) is 64.0 Å². The van der Waals surface area contributed by atoms with E-state index in [0.29, 0.717) is 13.0 Å². The van der Waals surface area contributed by atoms with Gasteiger partial charge in [-0.25, -0.2) is 0 Å². The predicted molar refractivity (Wildman–Crippen MR) is 74.6 cm³/mol. The number of carbonyl (C=O) groups excluding carboxylic acids is 2. The van der Waals surface area contributed by atoms with E-state index in [4.69, 9.17) is 0 Å². The van der Waals surface area contributed by atoms with E-state index in [2.05, 4.69) is 5.32 Å². The van der Waals surface area contributed by atoms with Crippen LogP contribution in [0.25, 0.3) is 0 Å². The maximum atomic E-state index is 12.6. The summed E-state index contributed by atoms with van der Waals surface area (Å²) in [5, 5.41) is 2.93. The minimum Gasteiger partial charge on any atom is -0.342 e. The second kappa shape index (κ2) is 5.76. The molecule has 1 N–H and O–H groups in total. The first-order chi connectivity index (χ1) is 9.15. The summed E-state index contributed by atoms with van der Waals surface area (Å²) >= 11 is 0. The van der Waals surface area contributed by atoms with Crippen LogP contribution in [0.5, 0.6) is 0 Å². The van der Waals surface area contributed by atoms with Crippen LogP contribution in [-0.2, 0) is 9.59 Å². The fraction of sp³-hybridized carbons (Fsp3) is 0.733. The van der Waals surface area contributed by atoms with Gasteiger partial charge in [-0.15, -0.1) is 0 Å². The molecule has 1 spiro atoms. The molecule has 2 aliphatic rings. The van der Waals surface area contributed by atoms with Gasteiger partial charge < -0.3 is 10.2 Å². The highest BCUT2D eigenvalue weighted by atomic mass is 16.2. The molecule has 2 fully saturated rings. The van der Waals surface area contributed by atoms with Crippen molar-refractivity contribution in [2.75, 3.05) is 6.54 Å². The molecule has 1 saturated carbocycles. The molecular formula is C15H24N2O2. The standard InChI is InChI=1S/C15H24N2O2/c1-3-5-11-17-13(18)12(4-2)16-14(19)15(17)9-7-6-8-10-15/h3,5,12H,4,6-11H2,1-2H3,(H,16,19)/b5-3+. The monoisotopic (exact) mass is 264 g/mol. The summed E-state index contributed by atoms with van der Waals surface area (Å²) in [5.74, 6) is 0.144. The Bertz CT molecular complexity index is 384. The maximum absolute atomic E-state index is 12.6. The summed E-state index contributed by atoms with van der Waals surface area (Å²) in [5.41, 5.74) is -0.583. The van der Waals surface area contributed by atoms with Crippen LogP contribution in [0, 0.1) is 0 Å². The van der Waals surface area contributed by atoms with Gasteiger partial charge in [-0.05, 0) is 26.2 Å². The van der Waals surface area contributed by atoms with Gasteiger partial charge in [0.25, 0.3) is 0 Å². The topological polar surface area (TPSA) is 49.4 Å². The van der Waals surface area contributed by atoms with Crippen LogP contribution in [0.4, 0.5) is 0 Å². The van der Waals surface area contributed by atoms with Crippen LogP contribution >= 0.6 is 0 Å². The zero-order chi connectivity index (χ0) is 13.9. The van der Waals surface area contributed by atoms with Crippen LogP contribution in [0.3, 0.4) is 0 Å². The number of hydrogen-bond acceptors (Lipinski definition) is 2. The highest BCUT2D eigenvalue weighted by Gasteiger charge is 2.51. The highest BCUT2D eigenvalue weighted by Crippen LogP contribution is 2.36. The number of rotatable bonds is 3. The van der Waals surface area contributed by atoms with Crippen molar-refractivity contribution in [1.82, 2.24) is 10.2 Å². The SMILES string of the molecule is C/C=C/CN1C(=O)C(CC)NC(=O)C12CCCCC2. The van der Waals surface area contributed by atoms with Crippen molar-refractivity contribution in [1.29, 1.82) is 0 Å². The molecule has 0 bridgehead atoms. The average molecular weight is 264 g/mol. The minimum atomic E-state index is -0.583. The molecule has 1 aliphatic heterocycles. The van der Waals surface area contributed by atoms with Gasteiger partial charge in [-0.2, -0.15) is 0 Å². The molecule has 106 valence electrons. The Morgan fingerprint density at radius 1 is 1.32 bits per heavy atom. The van der Waals surface area contributed by atoms with Crippen molar-refractivity contribution in [2.24, 2.45) is 0 Å². The predicted octanol–water partition coefficient (Wildman–Crippen LogP) is 2.00. The van der Waals surface area contributed by atoms with E-state index in [1.807, 2.05) is 30.9 Å². The number of hydrogen-bond donors (Lipinski definition) is 1. The van der Waals surface area contributed by atoms with Crippen molar-refractivity contribution < 1.29 is 9.59 Å². The van der Waals surface area contributed by atoms with Gasteiger partial charge in [-0.3, -0.25) is 9.59 Å². The molecule has 2 rings (SSSR count). The van der Waals surface area contributed by atoms with Gasteiger partial charge >= 0.3 is 0 Å². The molecule has 4 nitrogen and oxygen atoms in total. The second-order valence-electron chi connectivity index (χ2n) is 5.54. The first-order valence-corrected chi connectivity index (χ1v) is 7.39. The van der Waals surface area contributed by atoms with Crippen LogP contribution < -0.4 is 5.32 Å². The zero-order valence-corrected chi connectivity index (χ0v) is 11.9. The average Bonchev–Trinajstić information content (AvgIpc) is 2.44. The molecule has 1 unspecified atom stereocenters. The lowest BCUT2D eigenvalue weighted by molar-refractivity contribution is -0.159. The number of piperazine rings is 1. The number of nitrogens with one attached hydrogen (secondary N) is 1. The molecule has 0 aromatic carbocycles. The van der Waals surface area contributed by atoms with E-state index in [0.717, 1.165) is 32.1 Å². The first kappa shape index (κ1) is 14.1. The van der Waals surface area contributed by atoms with E-state index in [1.165, 1.54) is 0 Å². The second-order valence-corrected chi connectivity index (χ2v) is 5.54. The van der Waals surface area contributed by atoms with Crippen molar-refractivity contribution >= 4 is 11.8 Å². The van der Waals surface area contributed by atoms with Crippen LogP contribution in [0.1, 0.15) is 52.4 Å². The Hall–Kier alpha value is -1.32. The third-order valence-corrected chi connectivity index (χ3v) is 4.42. The van der Waals surface area contributed by atoms with Crippen molar-refractivity contribution in [3.63, 3.8) is 0 Å². The summed E-state index contributed by atoms with van der Waals surface area (Å²) in [7, 11) is 0. The van der Waals surface area contributed by atoms with Crippen molar-refractivity contribution in [3.8, 4) is 0 Å². The van der Waals surface area contributed by atoms with E-state index >= 15 is 0 Å².